The van der Waals surface area contributed by atoms with Gasteiger partial charge < -0.3 is 15.0 Å². The van der Waals surface area contributed by atoms with Crippen molar-refractivity contribution in [3.8, 4) is 5.75 Å². The van der Waals surface area contributed by atoms with E-state index >= 15 is 0 Å². The van der Waals surface area contributed by atoms with E-state index in [1.54, 1.807) is 7.11 Å². The molecule has 1 saturated heterocycles. The molecule has 21 heavy (non-hydrogen) atoms. The van der Waals surface area contributed by atoms with Gasteiger partial charge in [0.25, 0.3) is 0 Å². The maximum Gasteiger partial charge on any atom is 0.119 e. The molecule has 0 amide bonds. The molecule has 1 aromatic rings. The number of likely N-dealkylation sites (N-methyl/N-ethyl adjacent to an activating group) is 1. The van der Waals surface area contributed by atoms with Gasteiger partial charge in [0, 0.05) is 17.5 Å². The Morgan fingerprint density at radius 3 is 2.95 bits per heavy atom. The van der Waals surface area contributed by atoms with Crippen molar-refractivity contribution in [1.29, 1.82) is 0 Å². The molecule has 0 spiro atoms. The quantitative estimate of drug-likeness (QED) is 0.921. The molecule has 1 N–H and O–H groups in total. The Morgan fingerprint density at radius 2 is 2.24 bits per heavy atom. The fourth-order valence-corrected chi connectivity index (χ4v) is 4.26. The van der Waals surface area contributed by atoms with Gasteiger partial charge in [0.05, 0.1) is 7.11 Å². The number of piperidine rings is 1. The van der Waals surface area contributed by atoms with Crippen LogP contribution in [0, 0.1) is 0 Å². The fourth-order valence-electron chi connectivity index (χ4n) is 4.26. The summed E-state index contributed by atoms with van der Waals surface area (Å²) in [6.07, 6.45) is 3.54. The van der Waals surface area contributed by atoms with E-state index < -0.39 is 0 Å². The van der Waals surface area contributed by atoms with Crippen LogP contribution in [0.3, 0.4) is 0 Å². The topological polar surface area (TPSA) is 24.5 Å². The van der Waals surface area contributed by atoms with Crippen molar-refractivity contribution in [3.05, 3.63) is 29.3 Å². The van der Waals surface area contributed by atoms with E-state index in [1.165, 1.54) is 30.5 Å². The summed E-state index contributed by atoms with van der Waals surface area (Å²) in [4.78, 5) is 2.54. The SMILES string of the molecule is CCCN[C@@H]1[C@H]2Cc3ccc(OC)cc3[C@]1(C)CCN2C. The number of ether oxygens (including phenoxy) is 1. The molecule has 116 valence electrons. The highest BCUT2D eigenvalue weighted by Gasteiger charge is 2.49. The number of benzene rings is 1. The third-order valence-corrected chi connectivity index (χ3v) is 5.60. The van der Waals surface area contributed by atoms with Crippen molar-refractivity contribution < 1.29 is 4.74 Å². The molecule has 1 aromatic carbocycles. The summed E-state index contributed by atoms with van der Waals surface area (Å²) >= 11 is 0. The first-order valence-corrected chi connectivity index (χ1v) is 8.21. The largest absolute Gasteiger partial charge is 0.497 e. The second-order valence-electron chi connectivity index (χ2n) is 6.87. The maximum absolute atomic E-state index is 5.47. The Labute approximate surface area is 128 Å². The molecule has 0 radical (unpaired) electrons. The van der Waals surface area contributed by atoms with Crippen LogP contribution in [0.15, 0.2) is 18.2 Å². The van der Waals surface area contributed by atoms with Crippen molar-refractivity contribution in [3.63, 3.8) is 0 Å². The molecule has 3 rings (SSSR count). The minimum atomic E-state index is 0.217. The van der Waals surface area contributed by atoms with Gasteiger partial charge in [0.1, 0.15) is 5.75 Å². The zero-order valence-electron chi connectivity index (χ0n) is 13.8. The van der Waals surface area contributed by atoms with E-state index in [2.05, 4.69) is 49.3 Å². The molecule has 2 aliphatic rings. The van der Waals surface area contributed by atoms with E-state index in [-0.39, 0.29) is 5.41 Å². The molecule has 1 aliphatic heterocycles. The summed E-state index contributed by atoms with van der Waals surface area (Å²) < 4.78 is 5.47. The number of rotatable bonds is 4. The molecule has 3 heteroatoms. The van der Waals surface area contributed by atoms with Crippen molar-refractivity contribution in [2.45, 2.75) is 50.6 Å². The van der Waals surface area contributed by atoms with Crippen molar-refractivity contribution >= 4 is 0 Å². The van der Waals surface area contributed by atoms with Crippen LogP contribution >= 0.6 is 0 Å². The van der Waals surface area contributed by atoms with Gasteiger partial charge in [-0.05, 0) is 62.7 Å². The lowest BCUT2D eigenvalue weighted by molar-refractivity contribution is 0.0661. The Kier molecular flexibility index (Phi) is 3.98. The van der Waals surface area contributed by atoms with Crippen LogP contribution in [0.25, 0.3) is 0 Å². The Bertz CT molecular complexity index is 516. The highest BCUT2D eigenvalue weighted by atomic mass is 16.5. The molecule has 0 saturated carbocycles. The lowest BCUT2D eigenvalue weighted by Crippen LogP contribution is -2.66. The smallest absolute Gasteiger partial charge is 0.119 e. The van der Waals surface area contributed by atoms with Crippen LogP contribution in [-0.2, 0) is 11.8 Å². The number of nitrogens with one attached hydrogen (secondary N) is 1. The predicted octanol–water partition coefficient (Wildman–Crippen LogP) is 2.58. The van der Waals surface area contributed by atoms with E-state index in [0.717, 1.165) is 18.7 Å². The average Bonchev–Trinajstić information content (AvgIpc) is 2.50. The van der Waals surface area contributed by atoms with Crippen LogP contribution in [-0.4, -0.2) is 44.2 Å². The number of fused-ring (bicyclic) bond motifs is 4. The second-order valence-corrected chi connectivity index (χ2v) is 6.87. The summed E-state index contributed by atoms with van der Waals surface area (Å²) in [6.45, 7) is 6.97. The van der Waals surface area contributed by atoms with Gasteiger partial charge in [-0.3, -0.25) is 0 Å². The molecule has 3 atom stereocenters. The minimum Gasteiger partial charge on any atom is -0.497 e. The Morgan fingerprint density at radius 1 is 1.43 bits per heavy atom. The van der Waals surface area contributed by atoms with Gasteiger partial charge in [-0.25, -0.2) is 0 Å². The highest BCUT2D eigenvalue weighted by molar-refractivity contribution is 5.45. The summed E-state index contributed by atoms with van der Waals surface area (Å²) in [6, 6.07) is 7.80. The standard InChI is InChI=1S/C18H28N2O/c1-5-9-19-17-16-11-13-6-7-14(21-4)12-15(13)18(17,2)8-10-20(16)3/h6-7,12,16-17,19H,5,8-11H2,1-4H3/t16-,17-,18+/m1/s1. The zero-order chi connectivity index (χ0) is 15.0. The van der Waals surface area contributed by atoms with Crippen LogP contribution in [0.1, 0.15) is 37.8 Å². The van der Waals surface area contributed by atoms with E-state index in [0.29, 0.717) is 12.1 Å². The first-order chi connectivity index (χ1) is 10.1. The predicted molar refractivity (Wildman–Crippen MR) is 87.2 cm³/mol. The van der Waals surface area contributed by atoms with Crippen LogP contribution < -0.4 is 10.1 Å². The first-order valence-electron chi connectivity index (χ1n) is 8.21. The highest BCUT2D eigenvalue weighted by Crippen LogP contribution is 2.45. The molecule has 0 aromatic heterocycles. The van der Waals surface area contributed by atoms with Gasteiger partial charge in [-0.2, -0.15) is 0 Å². The molecule has 0 unspecified atom stereocenters. The van der Waals surface area contributed by atoms with Gasteiger partial charge in [-0.15, -0.1) is 0 Å². The zero-order valence-corrected chi connectivity index (χ0v) is 13.8. The van der Waals surface area contributed by atoms with Crippen molar-refractivity contribution in [1.82, 2.24) is 10.2 Å². The minimum absolute atomic E-state index is 0.217. The normalized spacial score (nSPS) is 31.8. The second kappa shape index (κ2) is 5.62. The molecule has 1 fully saturated rings. The van der Waals surface area contributed by atoms with Crippen molar-refractivity contribution in [2.75, 3.05) is 27.2 Å². The van der Waals surface area contributed by atoms with E-state index in [1.807, 2.05) is 0 Å². The molecule has 3 nitrogen and oxygen atoms in total. The summed E-state index contributed by atoms with van der Waals surface area (Å²) in [7, 11) is 4.04. The van der Waals surface area contributed by atoms with Crippen molar-refractivity contribution in [2.24, 2.45) is 0 Å². The molecular weight excluding hydrogens is 260 g/mol. The molecule has 1 aliphatic carbocycles. The fraction of sp³-hybridized carbons (Fsp3) is 0.667. The third kappa shape index (κ3) is 2.36. The Balaban J connectivity index is 2.04. The number of nitrogens with zero attached hydrogens (tertiary/aromatic N) is 1. The lowest BCUT2D eigenvalue weighted by Gasteiger charge is -2.55. The van der Waals surface area contributed by atoms with Gasteiger partial charge in [0.2, 0.25) is 0 Å². The van der Waals surface area contributed by atoms with Gasteiger partial charge >= 0.3 is 0 Å². The average molecular weight is 288 g/mol. The number of methoxy groups -OCH3 is 1. The van der Waals surface area contributed by atoms with Crippen LogP contribution in [0.5, 0.6) is 5.75 Å². The van der Waals surface area contributed by atoms with Crippen LogP contribution in [0.2, 0.25) is 0 Å². The Hall–Kier alpha value is -1.06. The lowest BCUT2D eigenvalue weighted by atomic mass is 9.61. The number of hydrogen-bond acceptors (Lipinski definition) is 3. The van der Waals surface area contributed by atoms with E-state index in [4.69, 9.17) is 4.74 Å². The molecule has 1 heterocycles. The summed E-state index contributed by atoms with van der Waals surface area (Å²) in [5.41, 5.74) is 3.22. The molecule has 2 bridgehead atoms. The van der Waals surface area contributed by atoms with Crippen LogP contribution in [0.4, 0.5) is 0 Å². The number of likely N-dealkylation sites (tertiary alicyclic amines) is 1. The summed E-state index contributed by atoms with van der Waals surface area (Å²) in [5, 5.41) is 3.84. The first kappa shape index (κ1) is 14.9. The van der Waals surface area contributed by atoms with Gasteiger partial charge in [-0.1, -0.05) is 19.9 Å². The number of hydrogen-bond donors (Lipinski definition) is 1. The third-order valence-electron chi connectivity index (χ3n) is 5.60. The summed E-state index contributed by atoms with van der Waals surface area (Å²) in [5.74, 6) is 0.988. The van der Waals surface area contributed by atoms with Gasteiger partial charge in [0.15, 0.2) is 0 Å². The molecular formula is C18H28N2O. The maximum atomic E-state index is 5.47. The monoisotopic (exact) mass is 288 g/mol. The van der Waals surface area contributed by atoms with E-state index in [9.17, 15) is 0 Å².